The van der Waals surface area contributed by atoms with E-state index < -0.39 is 0 Å². The third-order valence-electron chi connectivity index (χ3n) is 6.90. The van der Waals surface area contributed by atoms with Crippen molar-refractivity contribution in [2.45, 2.75) is 52.7 Å². The average Bonchev–Trinajstić information content (AvgIpc) is 3.33. The molecule has 1 fully saturated rings. The largest absolute Gasteiger partial charge is 0.383 e. The second-order valence-corrected chi connectivity index (χ2v) is 9.79. The van der Waals surface area contributed by atoms with Gasteiger partial charge in [0.2, 0.25) is 5.91 Å². The molecule has 3 aromatic rings. The lowest BCUT2D eigenvalue weighted by Crippen LogP contribution is -2.33. The molecule has 1 aliphatic rings. The Balaban J connectivity index is 1.60. The highest BCUT2D eigenvalue weighted by Gasteiger charge is 2.41. The third kappa shape index (κ3) is 5.44. The molecule has 8 heteroatoms. The SMILES string of the molecule is COCCn1c(C)cc([C@H]2[C@@H](c3ccccn3)NC(=S)N2CCC(=O)Nc2cc(C)ccc2C)c1C. The summed E-state index contributed by atoms with van der Waals surface area (Å²) in [6.07, 6.45) is 2.13. The van der Waals surface area contributed by atoms with Crippen molar-refractivity contribution >= 4 is 28.9 Å². The molecule has 0 saturated carbocycles. The Bertz CT molecular complexity index is 1240. The minimum absolute atomic E-state index is 0.0305. The van der Waals surface area contributed by atoms with Gasteiger partial charge in [-0.1, -0.05) is 18.2 Å². The van der Waals surface area contributed by atoms with Crippen molar-refractivity contribution < 1.29 is 9.53 Å². The summed E-state index contributed by atoms with van der Waals surface area (Å²) in [5.41, 5.74) is 7.46. The Morgan fingerprint density at radius 2 is 1.94 bits per heavy atom. The Morgan fingerprint density at radius 1 is 1.14 bits per heavy atom. The molecular formula is C28H35N5O2S. The van der Waals surface area contributed by atoms with Crippen LogP contribution in [0, 0.1) is 27.7 Å². The van der Waals surface area contributed by atoms with Gasteiger partial charge in [0.15, 0.2) is 5.11 Å². The van der Waals surface area contributed by atoms with E-state index in [-0.39, 0.29) is 18.0 Å². The Kier molecular flexibility index (Phi) is 8.06. The van der Waals surface area contributed by atoms with Crippen molar-refractivity contribution in [2.24, 2.45) is 0 Å². The Morgan fingerprint density at radius 3 is 2.67 bits per heavy atom. The lowest BCUT2D eigenvalue weighted by Gasteiger charge is -2.28. The number of carbonyl (C=O) groups is 1. The van der Waals surface area contributed by atoms with Crippen LogP contribution in [0.15, 0.2) is 48.7 Å². The van der Waals surface area contributed by atoms with E-state index in [0.29, 0.717) is 24.7 Å². The quantitative estimate of drug-likeness (QED) is 0.409. The number of pyridine rings is 1. The molecule has 2 aromatic heterocycles. The van der Waals surface area contributed by atoms with Gasteiger partial charge in [0.25, 0.3) is 0 Å². The van der Waals surface area contributed by atoms with E-state index in [1.807, 2.05) is 50.2 Å². The number of hydrogen-bond donors (Lipinski definition) is 2. The van der Waals surface area contributed by atoms with Crippen LogP contribution in [0.5, 0.6) is 0 Å². The van der Waals surface area contributed by atoms with Crippen LogP contribution >= 0.6 is 12.2 Å². The van der Waals surface area contributed by atoms with Gasteiger partial charge in [-0.15, -0.1) is 0 Å². The molecule has 3 heterocycles. The van der Waals surface area contributed by atoms with Crippen molar-refractivity contribution in [3.8, 4) is 0 Å². The number of aromatic nitrogens is 2. The van der Waals surface area contributed by atoms with Gasteiger partial charge >= 0.3 is 0 Å². The number of ether oxygens (including phenoxy) is 1. The summed E-state index contributed by atoms with van der Waals surface area (Å²) in [5.74, 6) is -0.0305. The molecule has 0 radical (unpaired) electrons. The summed E-state index contributed by atoms with van der Waals surface area (Å²) in [7, 11) is 1.72. The van der Waals surface area contributed by atoms with Crippen molar-refractivity contribution in [2.75, 3.05) is 25.6 Å². The summed E-state index contributed by atoms with van der Waals surface area (Å²) < 4.78 is 7.61. The first-order valence-corrected chi connectivity index (χ1v) is 12.7. The molecule has 4 rings (SSSR count). The molecule has 1 aliphatic heterocycles. The number of thiocarbonyl (C=S) groups is 1. The second-order valence-electron chi connectivity index (χ2n) is 9.41. The van der Waals surface area contributed by atoms with E-state index in [9.17, 15) is 4.79 Å². The van der Waals surface area contributed by atoms with Gasteiger partial charge in [0.1, 0.15) is 0 Å². The minimum Gasteiger partial charge on any atom is -0.383 e. The number of methoxy groups -OCH3 is 1. The minimum atomic E-state index is -0.114. The number of nitrogens with one attached hydrogen (secondary N) is 2. The van der Waals surface area contributed by atoms with E-state index in [1.54, 1.807) is 13.3 Å². The molecule has 0 bridgehead atoms. The van der Waals surface area contributed by atoms with Gasteiger partial charge in [0.05, 0.1) is 24.4 Å². The maximum Gasteiger partial charge on any atom is 0.226 e. The fourth-order valence-electron chi connectivity index (χ4n) is 4.94. The van der Waals surface area contributed by atoms with Crippen molar-refractivity contribution in [1.82, 2.24) is 19.8 Å². The van der Waals surface area contributed by atoms with Crippen molar-refractivity contribution in [3.05, 3.63) is 82.4 Å². The number of hydrogen-bond acceptors (Lipinski definition) is 4. The Labute approximate surface area is 218 Å². The lowest BCUT2D eigenvalue weighted by molar-refractivity contribution is -0.116. The number of rotatable bonds is 9. The molecule has 36 heavy (non-hydrogen) atoms. The van der Waals surface area contributed by atoms with Crippen LogP contribution in [0.3, 0.4) is 0 Å². The predicted octanol–water partition coefficient (Wildman–Crippen LogP) is 4.76. The van der Waals surface area contributed by atoms with Crippen LogP contribution < -0.4 is 10.6 Å². The molecule has 0 unspecified atom stereocenters. The predicted molar refractivity (Wildman–Crippen MR) is 147 cm³/mol. The first kappa shape index (κ1) is 25.9. The summed E-state index contributed by atoms with van der Waals surface area (Å²) in [4.78, 5) is 19.7. The highest BCUT2D eigenvalue weighted by atomic mass is 32.1. The van der Waals surface area contributed by atoms with Crippen LogP contribution in [-0.2, 0) is 16.1 Å². The fourth-order valence-corrected chi connectivity index (χ4v) is 5.28. The second kappa shape index (κ2) is 11.2. The topological polar surface area (TPSA) is 71.4 Å². The summed E-state index contributed by atoms with van der Waals surface area (Å²) in [6, 6.07) is 14.0. The van der Waals surface area contributed by atoms with E-state index in [2.05, 4.69) is 45.0 Å². The zero-order valence-electron chi connectivity index (χ0n) is 21.7. The van der Waals surface area contributed by atoms with Crippen molar-refractivity contribution in [3.63, 3.8) is 0 Å². The first-order valence-electron chi connectivity index (χ1n) is 12.3. The number of nitrogens with zero attached hydrogens (tertiary/aromatic N) is 3. The molecule has 0 spiro atoms. The molecule has 2 atom stereocenters. The molecule has 1 saturated heterocycles. The monoisotopic (exact) mass is 505 g/mol. The molecule has 2 N–H and O–H groups in total. The number of aryl methyl sites for hydroxylation is 3. The maximum atomic E-state index is 12.9. The lowest BCUT2D eigenvalue weighted by atomic mass is 9.96. The van der Waals surface area contributed by atoms with Gasteiger partial charge in [-0.25, -0.2) is 0 Å². The zero-order chi connectivity index (χ0) is 25.8. The molecule has 7 nitrogen and oxygen atoms in total. The molecule has 1 aromatic carbocycles. The van der Waals surface area contributed by atoms with Gasteiger partial charge in [-0.3, -0.25) is 9.78 Å². The third-order valence-corrected chi connectivity index (χ3v) is 7.25. The summed E-state index contributed by atoms with van der Waals surface area (Å²) in [6.45, 7) is 10.2. The van der Waals surface area contributed by atoms with E-state index >= 15 is 0 Å². The van der Waals surface area contributed by atoms with E-state index in [0.717, 1.165) is 29.1 Å². The van der Waals surface area contributed by atoms with E-state index in [1.165, 1.54) is 17.0 Å². The van der Waals surface area contributed by atoms with Gasteiger partial charge in [-0.05, 0) is 80.9 Å². The molecular weight excluding hydrogens is 470 g/mol. The average molecular weight is 506 g/mol. The summed E-state index contributed by atoms with van der Waals surface area (Å²) >= 11 is 5.80. The van der Waals surface area contributed by atoms with Crippen LogP contribution in [-0.4, -0.2) is 45.7 Å². The highest BCUT2D eigenvalue weighted by Crippen LogP contribution is 2.40. The Hall–Kier alpha value is -3.23. The van der Waals surface area contributed by atoms with E-state index in [4.69, 9.17) is 17.0 Å². The summed E-state index contributed by atoms with van der Waals surface area (Å²) in [5, 5.41) is 7.20. The van der Waals surface area contributed by atoms with Gasteiger partial charge in [0, 0.05) is 49.9 Å². The van der Waals surface area contributed by atoms with Crippen LogP contribution in [0.1, 0.15) is 52.3 Å². The maximum absolute atomic E-state index is 12.9. The fraction of sp³-hybridized carbons (Fsp3) is 0.393. The van der Waals surface area contributed by atoms with Gasteiger partial charge < -0.3 is 24.8 Å². The van der Waals surface area contributed by atoms with Crippen molar-refractivity contribution in [1.29, 1.82) is 0 Å². The molecule has 1 amide bonds. The molecule has 190 valence electrons. The smallest absolute Gasteiger partial charge is 0.226 e. The highest BCUT2D eigenvalue weighted by molar-refractivity contribution is 7.80. The normalized spacial score (nSPS) is 17.4. The molecule has 0 aliphatic carbocycles. The van der Waals surface area contributed by atoms with Gasteiger partial charge in [-0.2, -0.15) is 0 Å². The first-order chi connectivity index (χ1) is 17.3. The number of benzene rings is 1. The van der Waals surface area contributed by atoms with Crippen LogP contribution in [0.25, 0.3) is 0 Å². The van der Waals surface area contributed by atoms with Crippen LogP contribution in [0.2, 0.25) is 0 Å². The number of amides is 1. The number of carbonyl (C=O) groups excluding carboxylic acids is 1. The number of anilines is 1. The zero-order valence-corrected chi connectivity index (χ0v) is 22.5. The van der Waals surface area contributed by atoms with Crippen LogP contribution in [0.4, 0.5) is 5.69 Å². The standard InChI is InChI=1S/C28H35N5O2S/c1-18-9-10-19(2)24(16-18)30-25(34)11-13-33-27(22-17-20(3)32(21(22)4)14-15-35-5)26(31-28(33)36)23-8-6-7-12-29-23/h6-10,12,16-17,26-27H,11,13-15H2,1-5H3,(H,30,34)(H,31,36)/t26-,27+/m1/s1.